The minimum Gasteiger partial charge on any atom is -0.423 e. The van der Waals surface area contributed by atoms with Crippen molar-refractivity contribution in [2.75, 3.05) is 0 Å². The summed E-state index contributed by atoms with van der Waals surface area (Å²) in [6.45, 7) is 4.00. The molecule has 1 aromatic carbocycles. The van der Waals surface area contributed by atoms with Crippen LogP contribution in [0.25, 0.3) is 11.5 Å². The molecule has 0 bridgehead atoms. The molecule has 68 valence electrons. The van der Waals surface area contributed by atoms with Gasteiger partial charge in [-0.3, -0.25) is 0 Å². The molecule has 2 rings (SSSR count). The summed E-state index contributed by atoms with van der Waals surface area (Å²) in [5.41, 5.74) is 0.949. The molecule has 0 N–H and O–H groups in total. The van der Waals surface area contributed by atoms with E-state index in [1.165, 1.54) is 6.39 Å². The molecule has 0 saturated carbocycles. The fraction of sp³-hybridized carbons (Fsp3) is 0.200. The highest BCUT2D eigenvalue weighted by molar-refractivity contribution is 5.51. The van der Waals surface area contributed by atoms with Gasteiger partial charge in [0.2, 0.25) is 12.3 Å². The third kappa shape index (κ3) is 2.40. The van der Waals surface area contributed by atoms with Crippen LogP contribution in [0, 0.1) is 0 Å². The first-order chi connectivity index (χ1) is 6.47. The van der Waals surface area contributed by atoms with Gasteiger partial charge in [-0.2, -0.15) is 0 Å². The Hall–Kier alpha value is -1.64. The zero-order valence-electron chi connectivity index (χ0n) is 7.77. The van der Waals surface area contributed by atoms with Crippen LogP contribution < -0.4 is 0 Å². The minimum atomic E-state index is 0.561. The number of aromatic nitrogens is 2. The Balaban J connectivity index is 0.000000396. The summed E-state index contributed by atoms with van der Waals surface area (Å²) < 4.78 is 5.00. The average Bonchev–Trinajstić information content (AvgIpc) is 2.75. The van der Waals surface area contributed by atoms with E-state index in [1.807, 2.05) is 44.2 Å². The summed E-state index contributed by atoms with van der Waals surface area (Å²) in [5.74, 6) is 0.561. The van der Waals surface area contributed by atoms with Crippen LogP contribution in [-0.2, 0) is 0 Å². The standard InChI is InChI=1S/C8H6N2O.C2H6/c1-2-4-7(5-3-1)8-10-9-6-11-8;1-2/h1-6H;1-2H3. The predicted molar refractivity (Wildman–Crippen MR) is 51.1 cm³/mol. The van der Waals surface area contributed by atoms with Gasteiger partial charge >= 0.3 is 0 Å². The van der Waals surface area contributed by atoms with Gasteiger partial charge in [0.25, 0.3) is 0 Å². The van der Waals surface area contributed by atoms with Crippen LogP contribution >= 0.6 is 0 Å². The molecule has 0 aliphatic heterocycles. The number of hydrogen-bond donors (Lipinski definition) is 0. The van der Waals surface area contributed by atoms with E-state index in [4.69, 9.17) is 4.42 Å². The largest absolute Gasteiger partial charge is 0.423 e. The van der Waals surface area contributed by atoms with E-state index >= 15 is 0 Å². The second-order valence-corrected chi connectivity index (χ2v) is 2.11. The van der Waals surface area contributed by atoms with E-state index in [0.29, 0.717) is 5.89 Å². The molecule has 0 amide bonds. The Morgan fingerprint density at radius 3 is 2.31 bits per heavy atom. The van der Waals surface area contributed by atoms with Gasteiger partial charge < -0.3 is 4.42 Å². The monoisotopic (exact) mass is 176 g/mol. The molecule has 1 aromatic heterocycles. The molecule has 0 fully saturated rings. The molecule has 3 nitrogen and oxygen atoms in total. The van der Waals surface area contributed by atoms with E-state index in [-0.39, 0.29) is 0 Å². The molecule has 0 spiro atoms. The summed E-state index contributed by atoms with van der Waals surface area (Å²) in [7, 11) is 0. The van der Waals surface area contributed by atoms with Crippen molar-refractivity contribution in [1.82, 2.24) is 10.2 Å². The molecule has 3 heteroatoms. The summed E-state index contributed by atoms with van der Waals surface area (Å²) in [6, 6.07) is 9.65. The molecule has 2 aromatic rings. The third-order valence-corrected chi connectivity index (χ3v) is 1.38. The lowest BCUT2D eigenvalue weighted by molar-refractivity contribution is 0.568. The van der Waals surface area contributed by atoms with Crippen LogP contribution in [0.15, 0.2) is 41.1 Å². The lowest BCUT2D eigenvalue weighted by Gasteiger charge is -1.89. The molecular weight excluding hydrogens is 164 g/mol. The molecular formula is C10H12N2O. The number of hydrogen-bond acceptors (Lipinski definition) is 3. The second-order valence-electron chi connectivity index (χ2n) is 2.11. The lowest BCUT2D eigenvalue weighted by Crippen LogP contribution is -1.75. The highest BCUT2D eigenvalue weighted by Gasteiger charge is 1.99. The van der Waals surface area contributed by atoms with Crippen LogP contribution in [0.1, 0.15) is 13.8 Å². The van der Waals surface area contributed by atoms with E-state index in [2.05, 4.69) is 10.2 Å². The number of rotatable bonds is 1. The Kier molecular flexibility index (Phi) is 3.70. The van der Waals surface area contributed by atoms with Gasteiger partial charge in [0.15, 0.2) is 0 Å². The summed E-state index contributed by atoms with van der Waals surface area (Å²) in [4.78, 5) is 0. The molecule has 0 aliphatic rings. The molecule has 1 heterocycles. The summed E-state index contributed by atoms with van der Waals surface area (Å²) >= 11 is 0. The van der Waals surface area contributed by atoms with Crippen molar-refractivity contribution in [3.63, 3.8) is 0 Å². The third-order valence-electron chi connectivity index (χ3n) is 1.38. The molecule has 0 saturated heterocycles. The van der Waals surface area contributed by atoms with E-state index in [9.17, 15) is 0 Å². The van der Waals surface area contributed by atoms with Gasteiger partial charge in [0, 0.05) is 5.56 Å². The van der Waals surface area contributed by atoms with Crippen LogP contribution in [0.2, 0.25) is 0 Å². The Labute approximate surface area is 77.4 Å². The Morgan fingerprint density at radius 1 is 1.08 bits per heavy atom. The number of benzene rings is 1. The Bertz CT molecular complexity index is 316. The lowest BCUT2D eigenvalue weighted by atomic mass is 10.2. The minimum absolute atomic E-state index is 0.561. The van der Waals surface area contributed by atoms with Crippen LogP contribution in [0.5, 0.6) is 0 Å². The van der Waals surface area contributed by atoms with Crippen molar-refractivity contribution in [2.24, 2.45) is 0 Å². The Morgan fingerprint density at radius 2 is 1.77 bits per heavy atom. The highest BCUT2D eigenvalue weighted by atomic mass is 16.4. The van der Waals surface area contributed by atoms with Gasteiger partial charge in [-0.05, 0) is 12.1 Å². The van der Waals surface area contributed by atoms with E-state index in [1.54, 1.807) is 0 Å². The molecule has 0 radical (unpaired) electrons. The van der Waals surface area contributed by atoms with Gasteiger partial charge in [-0.15, -0.1) is 10.2 Å². The summed E-state index contributed by atoms with van der Waals surface area (Å²) in [6.07, 6.45) is 1.32. The van der Waals surface area contributed by atoms with Gasteiger partial charge in [0.1, 0.15) is 0 Å². The van der Waals surface area contributed by atoms with Crippen molar-refractivity contribution in [2.45, 2.75) is 13.8 Å². The second kappa shape index (κ2) is 5.09. The van der Waals surface area contributed by atoms with Gasteiger partial charge in [-0.1, -0.05) is 32.0 Å². The van der Waals surface area contributed by atoms with Crippen LogP contribution in [0.4, 0.5) is 0 Å². The first kappa shape index (κ1) is 9.45. The van der Waals surface area contributed by atoms with E-state index < -0.39 is 0 Å². The van der Waals surface area contributed by atoms with Crippen molar-refractivity contribution in [1.29, 1.82) is 0 Å². The average molecular weight is 176 g/mol. The first-order valence-electron chi connectivity index (χ1n) is 4.28. The van der Waals surface area contributed by atoms with Crippen LogP contribution in [0.3, 0.4) is 0 Å². The van der Waals surface area contributed by atoms with Crippen LogP contribution in [-0.4, -0.2) is 10.2 Å². The van der Waals surface area contributed by atoms with Crippen molar-refractivity contribution < 1.29 is 4.42 Å². The quantitative estimate of drug-likeness (QED) is 0.670. The smallest absolute Gasteiger partial charge is 0.247 e. The van der Waals surface area contributed by atoms with Crippen molar-refractivity contribution in [3.05, 3.63) is 36.7 Å². The first-order valence-corrected chi connectivity index (χ1v) is 4.28. The summed E-state index contributed by atoms with van der Waals surface area (Å²) in [5, 5.41) is 7.35. The fourth-order valence-electron chi connectivity index (χ4n) is 0.880. The fourth-order valence-corrected chi connectivity index (χ4v) is 0.880. The topological polar surface area (TPSA) is 38.9 Å². The maximum atomic E-state index is 5.00. The zero-order valence-corrected chi connectivity index (χ0v) is 7.77. The molecule has 13 heavy (non-hydrogen) atoms. The maximum absolute atomic E-state index is 5.00. The maximum Gasteiger partial charge on any atom is 0.247 e. The van der Waals surface area contributed by atoms with E-state index in [0.717, 1.165) is 5.56 Å². The number of nitrogens with zero attached hydrogens (tertiary/aromatic N) is 2. The normalized spacial score (nSPS) is 8.77. The highest BCUT2D eigenvalue weighted by Crippen LogP contribution is 2.13. The van der Waals surface area contributed by atoms with Gasteiger partial charge in [-0.25, -0.2) is 0 Å². The van der Waals surface area contributed by atoms with Crippen molar-refractivity contribution >= 4 is 0 Å². The SMILES string of the molecule is CC.c1ccc(-c2nnco2)cc1. The molecule has 0 unspecified atom stereocenters. The molecule has 0 atom stereocenters. The molecule has 0 aliphatic carbocycles. The van der Waals surface area contributed by atoms with Crippen molar-refractivity contribution in [3.8, 4) is 11.5 Å². The predicted octanol–water partition coefficient (Wildman–Crippen LogP) is 2.76. The zero-order chi connectivity index (χ0) is 9.52. The van der Waals surface area contributed by atoms with Gasteiger partial charge in [0.05, 0.1) is 0 Å².